The van der Waals surface area contributed by atoms with Gasteiger partial charge in [0.05, 0.1) is 5.56 Å². The largest absolute Gasteiger partial charge is 0.478 e. The van der Waals surface area contributed by atoms with Gasteiger partial charge in [-0.25, -0.2) is 9.18 Å². The van der Waals surface area contributed by atoms with Gasteiger partial charge in [-0.2, -0.15) is 5.26 Å². The number of nitriles is 1. The van der Waals surface area contributed by atoms with Gasteiger partial charge in [0.2, 0.25) is 5.91 Å². The number of carbonyl (C=O) groups is 3. The summed E-state index contributed by atoms with van der Waals surface area (Å²) < 4.78 is 14.8. The van der Waals surface area contributed by atoms with Crippen LogP contribution in [0, 0.1) is 17.1 Å². The summed E-state index contributed by atoms with van der Waals surface area (Å²) in [5.41, 5.74) is 1.75. The van der Waals surface area contributed by atoms with Crippen LogP contribution in [0.2, 0.25) is 0 Å². The van der Waals surface area contributed by atoms with Gasteiger partial charge >= 0.3 is 5.97 Å². The molecule has 0 radical (unpaired) electrons. The van der Waals surface area contributed by atoms with Crippen molar-refractivity contribution in [3.63, 3.8) is 0 Å². The van der Waals surface area contributed by atoms with Crippen LogP contribution < -0.4 is 10.6 Å². The maximum absolute atomic E-state index is 13.1. The zero-order valence-electron chi connectivity index (χ0n) is 18.7. The summed E-state index contributed by atoms with van der Waals surface area (Å²) in [6, 6.07) is 20.2. The Labute approximate surface area is 204 Å². The van der Waals surface area contributed by atoms with Gasteiger partial charge in [-0.15, -0.1) is 0 Å². The number of hydrogen-bond donors (Lipinski definition) is 3. The normalized spacial score (nSPS) is 11.1. The van der Waals surface area contributed by atoms with Gasteiger partial charge in [-0.05, 0) is 54.6 Å². The monoisotopic (exact) mass is 482 g/mol. The van der Waals surface area contributed by atoms with Crippen molar-refractivity contribution in [1.82, 2.24) is 4.57 Å². The molecule has 0 fully saturated rings. The van der Waals surface area contributed by atoms with Gasteiger partial charge in [0, 0.05) is 34.0 Å². The van der Waals surface area contributed by atoms with E-state index in [4.69, 9.17) is 5.11 Å². The van der Waals surface area contributed by atoms with E-state index in [2.05, 4.69) is 10.6 Å². The van der Waals surface area contributed by atoms with Gasteiger partial charge < -0.3 is 20.3 Å². The number of benzene rings is 3. The average Bonchev–Trinajstić information content (AvgIpc) is 3.21. The minimum Gasteiger partial charge on any atom is -0.478 e. The highest BCUT2D eigenvalue weighted by atomic mass is 19.1. The molecule has 1 aromatic heterocycles. The second kappa shape index (κ2) is 10.4. The second-order valence-corrected chi connectivity index (χ2v) is 7.79. The molecule has 0 aliphatic carbocycles. The Bertz CT molecular complexity index is 1550. The van der Waals surface area contributed by atoms with Crippen LogP contribution in [-0.2, 0) is 16.1 Å². The zero-order valence-corrected chi connectivity index (χ0v) is 18.7. The molecule has 3 aromatic carbocycles. The summed E-state index contributed by atoms with van der Waals surface area (Å²) in [4.78, 5) is 36.5. The van der Waals surface area contributed by atoms with Crippen LogP contribution in [0.5, 0.6) is 0 Å². The Kier molecular flexibility index (Phi) is 6.88. The molecule has 0 saturated carbocycles. The molecule has 178 valence electrons. The zero-order chi connectivity index (χ0) is 25.7. The molecule has 36 heavy (non-hydrogen) atoms. The SMILES string of the molecule is N#C/C(=C/c1cn(CC(=O)Nc2ccc(F)cc2)c2ccccc12)C(=O)Nc1cccc(C(=O)O)c1. The van der Waals surface area contributed by atoms with Crippen molar-refractivity contribution in [1.29, 1.82) is 5.26 Å². The topological polar surface area (TPSA) is 124 Å². The molecule has 2 amide bonds. The van der Waals surface area contributed by atoms with Gasteiger partial charge in [-0.1, -0.05) is 24.3 Å². The Morgan fingerprint density at radius 1 is 0.972 bits per heavy atom. The van der Waals surface area contributed by atoms with E-state index in [1.54, 1.807) is 35.0 Å². The highest BCUT2D eigenvalue weighted by Crippen LogP contribution is 2.24. The number of carbonyl (C=O) groups excluding carboxylic acids is 2. The fourth-order valence-corrected chi connectivity index (χ4v) is 3.64. The molecule has 0 aliphatic heterocycles. The number of anilines is 2. The van der Waals surface area contributed by atoms with E-state index in [1.165, 1.54) is 54.6 Å². The molecule has 3 N–H and O–H groups in total. The summed E-state index contributed by atoms with van der Waals surface area (Å²) in [5, 5.41) is 24.7. The first-order valence-electron chi connectivity index (χ1n) is 10.7. The van der Waals surface area contributed by atoms with E-state index in [0.717, 1.165) is 5.39 Å². The lowest BCUT2D eigenvalue weighted by Gasteiger charge is -2.07. The number of carboxylic acid groups (broad SMARTS) is 1. The lowest BCUT2D eigenvalue weighted by atomic mass is 10.1. The number of fused-ring (bicyclic) bond motifs is 1. The third kappa shape index (κ3) is 5.46. The van der Waals surface area contributed by atoms with Crippen LogP contribution in [-0.4, -0.2) is 27.5 Å². The molecule has 0 unspecified atom stereocenters. The maximum atomic E-state index is 13.1. The van der Waals surface area contributed by atoms with Crippen molar-refractivity contribution in [2.24, 2.45) is 0 Å². The molecule has 1 heterocycles. The van der Waals surface area contributed by atoms with Gasteiger partial charge in [0.1, 0.15) is 24.0 Å². The van der Waals surface area contributed by atoms with Crippen LogP contribution in [0.4, 0.5) is 15.8 Å². The van der Waals surface area contributed by atoms with Crippen LogP contribution in [0.3, 0.4) is 0 Å². The molecule has 0 aliphatic rings. The number of para-hydroxylation sites is 1. The van der Waals surface area contributed by atoms with Crippen LogP contribution in [0.25, 0.3) is 17.0 Å². The van der Waals surface area contributed by atoms with Crippen LogP contribution in [0.1, 0.15) is 15.9 Å². The molecular weight excluding hydrogens is 463 g/mol. The number of halogens is 1. The lowest BCUT2D eigenvalue weighted by molar-refractivity contribution is -0.116. The molecule has 4 rings (SSSR count). The van der Waals surface area contributed by atoms with Crippen molar-refractivity contribution in [3.05, 3.63) is 102 Å². The highest BCUT2D eigenvalue weighted by Gasteiger charge is 2.15. The number of amides is 2. The molecule has 0 spiro atoms. The number of nitrogens with one attached hydrogen (secondary N) is 2. The predicted molar refractivity (Wildman–Crippen MR) is 133 cm³/mol. The van der Waals surface area contributed by atoms with Gasteiger partial charge in [0.15, 0.2) is 0 Å². The minimum atomic E-state index is -1.14. The molecule has 0 saturated heterocycles. The minimum absolute atomic E-state index is 0.00253. The predicted octanol–water partition coefficient (Wildman–Crippen LogP) is 4.66. The molecule has 8 nitrogen and oxygen atoms in total. The van der Waals surface area contributed by atoms with Gasteiger partial charge in [-0.3, -0.25) is 9.59 Å². The first-order valence-corrected chi connectivity index (χ1v) is 10.7. The van der Waals surface area contributed by atoms with E-state index in [0.29, 0.717) is 16.8 Å². The summed E-state index contributed by atoms with van der Waals surface area (Å²) in [5.74, 6) is -2.59. The molecular formula is C27H19FN4O4. The number of aromatic nitrogens is 1. The number of hydrogen-bond acceptors (Lipinski definition) is 4. The summed E-state index contributed by atoms with van der Waals surface area (Å²) in [6.45, 7) is -0.0538. The molecule has 9 heteroatoms. The number of aromatic carboxylic acids is 1. The number of rotatable bonds is 7. The van der Waals surface area contributed by atoms with E-state index in [-0.39, 0.29) is 29.3 Å². The third-order valence-electron chi connectivity index (χ3n) is 5.29. The fraction of sp³-hybridized carbons (Fsp3) is 0.0370. The first-order chi connectivity index (χ1) is 17.3. The van der Waals surface area contributed by atoms with E-state index in [9.17, 15) is 24.0 Å². The van der Waals surface area contributed by atoms with Crippen molar-refractivity contribution < 1.29 is 23.9 Å². The standard InChI is InChI=1S/C27H19FN4O4/c28-20-8-10-21(11-9-20)30-25(33)16-32-15-19(23-6-1-2-7-24(23)32)12-18(14-29)26(34)31-22-5-3-4-17(13-22)27(35)36/h1-13,15H,16H2,(H,30,33)(H,31,34)(H,35,36)/b18-12-. The quantitative estimate of drug-likeness (QED) is 0.261. The Hall–Kier alpha value is -5.23. The average molecular weight is 482 g/mol. The van der Waals surface area contributed by atoms with Crippen molar-refractivity contribution in [2.45, 2.75) is 6.54 Å². The molecule has 0 bridgehead atoms. The summed E-state index contributed by atoms with van der Waals surface area (Å²) in [6.07, 6.45) is 3.07. The van der Waals surface area contributed by atoms with E-state index in [1.807, 2.05) is 6.07 Å². The second-order valence-electron chi connectivity index (χ2n) is 7.79. The lowest BCUT2D eigenvalue weighted by Crippen LogP contribution is -2.18. The Morgan fingerprint density at radius 2 is 1.72 bits per heavy atom. The van der Waals surface area contributed by atoms with Crippen LogP contribution in [0.15, 0.2) is 84.6 Å². The molecule has 4 aromatic rings. The fourth-order valence-electron chi connectivity index (χ4n) is 3.64. The van der Waals surface area contributed by atoms with Crippen molar-refractivity contribution in [3.8, 4) is 6.07 Å². The Morgan fingerprint density at radius 3 is 2.44 bits per heavy atom. The van der Waals surface area contributed by atoms with E-state index >= 15 is 0 Å². The summed E-state index contributed by atoms with van der Waals surface area (Å²) in [7, 11) is 0. The first kappa shape index (κ1) is 23.9. The van der Waals surface area contributed by atoms with Gasteiger partial charge in [0.25, 0.3) is 5.91 Å². The summed E-state index contributed by atoms with van der Waals surface area (Å²) >= 11 is 0. The van der Waals surface area contributed by atoms with Crippen molar-refractivity contribution in [2.75, 3.05) is 10.6 Å². The highest BCUT2D eigenvalue weighted by molar-refractivity contribution is 6.11. The Balaban J connectivity index is 1.59. The smallest absolute Gasteiger partial charge is 0.335 e. The van der Waals surface area contributed by atoms with E-state index < -0.39 is 17.7 Å². The van der Waals surface area contributed by atoms with Crippen molar-refractivity contribution >= 4 is 46.1 Å². The van der Waals surface area contributed by atoms with Crippen LogP contribution >= 0.6 is 0 Å². The number of nitrogens with zero attached hydrogens (tertiary/aromatic N) is 2. The maximum Gasteiger partial charge on any atom is 0.335 e. The third-order valence-corrected chi connectivity index (χ3v) is 5.29. The number of carboxylic acids is 1. The molecule has 0 atom stereocenters.